The molecule has 0 aromatic heterocycles. The molecule has 1 unspecified atom stereocenters. The number of hydrogen-bond acceptors (Lipinski definition) is 1. The Morgan fingerprint density at radius 3 is 2.31 bits per heavy atom. The molecule has 0 heterocycles. The molecule has 1 heteroatoms. The quantitative estimate of drug-likeness (QED) is 0.745. The zero-order chi connectivity index (χ0) is 9.68. The maximum Gasteiger partial charge on any atom is -0.00204 e. The summed E-state index contributed by atoms with van der Waals surface area (Å²) < 4.78 is 0. The molecule has 0 saturated carbocycles. The van der Waals surface area contributed by atoms with E-state index in [1.165, 1.54) is 5.56 Å². The second kappa shape index (κ2) is 5.03. The van der Waals surface area contributed by atoms with Gasteiger partial charge >= 0.3 is 0 Å². The van der Waals surface area contributed by atoms with Crippen molar-refractivity contribution in [2.45, 2.75) is 19.8 Å². The highest BCUT2D eigenvalue weighted by Gasteiger charge is 2.12. The van der Waals surface area contributed by atoms with Crippen molar-refractivity contribution in [3.05, 3.63) is 35.9 Å². The average molecular weight is 177 g/mol. The van der Waals surface area contributed by atoms with Gasteiger partial charge in [-0.2, -0.15) is 0 Å². The van der Waals surface area contributed by atoms with E-state index in [0.717, 1.165) is 6.54 Å². The molecular formula is C12H19N. The third kappa shape index (κ3) is 2.85. The van der Waals surface area contributed by atoms with Crippen molar-refractivity contribution in [3.8, 4) is 0 Å². The molecule has 72 valence electrons. The van der Waals surface area contributed by atoms with Crippen LogP contribution >= 0.6 is 0 Å². The summed E-state index contributed by atoms with van der Waals surface area (Å²) in [6.45, 7) is 5.65. The molecule has 0 aliphatic heterocycles. The summed E-state index contributed by atoms with van der Waals surface area (Å²) in [6.07, 6.45) is 0. The number of rotatable bonds is 4. The van der Waals surface area contributed by atoms with Crippen molar-refractivity contribution < 1.29 is 0 Å². The highest BCUT2D eigenvalue weighted by Crippen LogP contribution is 2.22. The molecule has 1 N–H and O–H groups in total. The fraction of sp³-hybridized carbons (Fsp3) is 0.500. The van der Waals surface area contributed by atoms with Crippen molar-refractivity contribution >= 4 is 0 Å². The first-order chi connectivity index (χ1) is 6.25. The third-order valence-electron chi connectivity index (χ3n) is 2.71. The van der Waals surface area contributed by atoms with Crippen LogP contribution < -0.4 is 5.32 Å². The highest BCUT2D eigenvalue weighted by atomic mass is 14.8. The van der Waals surface area contributed by atoms with Gasteiger partial charge < -0.3 is 5.32 Å². The summed E-state index contributed by atoms with van der Waals surface area (Å²) in [7, 11) is 2.01. The maximum absolute atomic E-state index is 3.22. The Kier molecular flexibility index (Phi) is 3.97. The van der Waals surface area contributed by atoms with Gasteiger partial charge in [0.1, 0.15) is 0 Å². The Balaban J connectivity index is 2.62. The lowest BCUT2D eigenvalue weighted by Gasteiger charge is -2.19. The topological polar surface area (TPSA) is 12.0 Å². The summed E-state index contributed by atoms with van der Waals surface area (Å²) in [5.41, 5.74) is 1.44. The van der Waals surface area contributed by atoms with Crippen LogP contribution in [0.15, 0.2) is 30.3 Å². The van der Waals surface area contributed by atoms with Gasteiger partial charge in [0.25, 0.3) is 0 Å². The Hall–Kier alpha value is -0.820. The highest BCUT2D eigenvalue weighted by molar-refractivity contribution is 5.19. The molecule has 0 saturated heterocycles. The molecule has 1 rings (SSSR count). The van der Waals surface area contributed by atoms with E-state index in [2.05, 4.69) is 49.5 Å². The molecule has 0 amide bonds. The maximum atomic E-state index is 3.22. The van der Waals surface area contributed by atoms with Gasteiger partial charge in [-0.3, -0.25) is 0 Å². The zero-order valence-electron chi connectivity index (χ0n) is 8.75. The van der Waals surface area contributed by atoms with E-state index in [1.807, 2.05) is 7.05 Å². The minimum Gasteiger partial charge on any atom is -0.319 e. The van der Waals surface area contributed by atoms with Crippen LogP contribution in [0, 0.1) is 5.92 Å². The lowest BCUT2D eigenvalue weighted by Crippen LogP contribution is -2.20. The molecule has 0 bridgehead atoms. The van der Waals surface area contributed by atoms with E-state index in [1.54, 1.807) is 0 Å². The molecule has 0 aliphatic rings. The summed E-state index contributed by atoms with van der Waals surface area (Å²) in [5, 5.41) is 3.22. The van der Waals surface area contributed by atoms with Gasteiger partial charge in [0, 0.05) is 0 Å². The molecule has 1 nitrogen and oxygen atoms in total. The van der Waals surface area contributed by atoms with E-state index in [0.29, 0.717) is 11.8 Å². The standard InChI is InChI=1S/C12H19N/c1-10(9-13-3)11(2)12-7-5-4-6-8-12/h4-8,10-11,13H,9H2,1-3H3/t10-,11?/m0/s1. The molecule has 13 heavy (non-hydrogen) atoms. The van der Waals surface area contributed by atoms with Crippen molar-refractivity contribution in [1.82, 2.24) is 5.32 Å². The smallest absolute Gasteiger partial charge is 0.00204 e. The SMILES string of the molecule is CNC[C@H](C)C(C)c1ccccc1. The van der Waals surface area contributed by atoms with Crippen molar-refractivity contribution in [3.63, 3.8) is 0 Å². The van der Waals surface area contributed by atoms with Gasteiger partial charge in [-0.1, -0.05) is 44.2 Å². The fourth-order valence-corrected chi connectivity index (χ4v) is 1.58. The van der Waals surface area contributed by atoms with E-state index in [-0.39, 0.29) is 0 Å². The van der Waals surface area contributed by atoms with Crippen LogP contribution in [-0.2, 0) is 0 Å². The van der Waals surface area contributed by atoms with Crippen LogP contribution in [-0.4, -0.2) is 13.6 Å². The first-order valence-corrected chi connectivity index (χ1v) is 4.95. The lowest BCUT2D eigenvalue weighted by atomic mass is 9.89. The molecule has 0 radical (unpaired) electrons. The molecule has 1 aromatic rings. The van der Waals surface area contributed by atoms with E-state index in [4.69, 9.17) is 0 Å². The van der Waals surface area contributed by atoms with Gasteiger partial charge in [-0.25, -0.2) is 0 Å². The second-order valence-corrected chi connectivity index (χ2v) is 3.73. The van der Waals surface area contributed by atoms with Gasteiger partial charge in [0.15, 0.2) is 0 Å². The van der Waals surface area contributed by atoms with Gasteiger partial charge in [0.2, 0.25) is 0 Å². The van der Waals surface area contributed by atoms with Crippen LogP contribution in [0.3, 0.4) is 0 Å². The van der Waals surface area contributed by atoms with Crippen LogP contribution in [0.25, 0.3) is 0 Å². The molecule has 0 fully saturated rings. The summed E-state index contributed by atoms with van der Waals surface area (Å²) in [5.74, 6) is 1.32. The Labute approximate surface area is 81.2 Å². The van der Waals surface area contributed by atoms with Gasteiger partial charge in [-0.15, -0.1) is 0 Å². The van der Waals surface area contributed by atoms with Crippen molar-refractivity contribution in [2.24, 2.45) is 5.92 Å². The largest absolute Gasteiger partial charge is 0.319 e. The van der Waals surface area contributed by atoms with Gasteiger partial charge in [0.05, 0.1) is 0 Å². The first-order valence-electron chi connectivity index (χ1n) is 4.95. The summed E-state index contributed by atoms with van der Waals surface area (Å²) in [4.78, 5) is 0. The fourth-order valence-electron chi connectivity index (χ4n) is 1.58. The third-order valence-corrected chi connectivity index (χ3v) is 2.71. The number of nitrogens with one attached hydrogen (secondary N) is 1. The normalized spacial score (nSPS) is 15.3. The van der Waals surface area contributed by atoms with Crippen LogP contribution in [0.5, 0.6) is 0 Å². The number of benzene rings is 1. The van der Waals surface area contributed by atoms with Crippen molar-refractivity contribution in [2.75, 3.05) is 13.6 Å². The summed E-state index contributed by atoms with van der Waals surface area (Å²) >= 11 is 0. The zero-order valence-corrected chi connectivity index (χ0v) is 8.75. The average Bonchev–Trinajstić information content (AvgIpc) is 2.18. The predicted octanol–water partition coefficient (Wildman–Crippen LogP) is 2.65. The molecule has 1 aromatic carbocycles. The Morgan fingerprint density at radius 2 is 1.77 bits per heavy atom. The molecular weight excluding hydrogens is 158 g/mol. The monoisotopic (exact) mass is 177 g/mol. The van der Waals surface area contributed by atoms with E-state index in [9.17, 15) is 0 Å². The minimum absolute atomic E-state index is 0.633. The predicted molar refractivity (Wildman–Crippen MR) is 57.9 cm³/mol. The minimum atomic E-state index is 0.633. The first kappa shape index (κ1) is 10.3. The van der Waals surface area contributed by atoms with Gasteiger partial charge in [-0.05, 0) is 31.0 Å². The van der Waals surface area contributed by atoms with Crippen LogP contribution in [0.1, 0.15) is 25.3 Å². The summed E-state index contributed by atoms with van der Waals surface area (Å²) in [6, 6.07) is 10.7. The second-order valence-electron chi connectivity index (χ2n) is 3.73. The van der Waals surface area contributed by atoms with Crippen molar-refractivity contribution in [1.29, 1.82) is 0 Å². The molecule has 0 aliphatic carbocycles. The Morgan fingerprint density at radius 1 is 1.15 bits per heavy atom. The van der Waals surface area contributed by atoms with Crippen LogP contribution in [0.4, 0.5) is 0 Å². The van der Waals surface area contributed by atoms with E-state index < -0.39 is 0 Å². The molecule has 2 atom stereocenters. The molecule has 0 spiro atoms. The number of hydrogen-bond donors (Lipinski definition) is 1. The van der Waals surface area contributed by atoms with Crippen LogP contribution in [0.2, 0.25) is 0 Å². The Bertz CT molecular complexity index is 230. The lowest BCUT2D eigenvalue weighted by molar-refractivity contribution is 0.466. The van der Waals surface area contributed by atoms with E-state index >= 15 is 0 Å².